The number of ketones is 1. The van der Waals surface area contributed by atoms with Crippen molar-refractivity contribution in [2.45, 2.75) is 52.6 Å². The van der Waals surface area contributed by atoms with E-state index in [1.807, 2.05) is 0 Å². The summed E-state index contributed by atoms with van der Waals surface area (Å²) in [6, 6.07) is 0. The number of ether oxygens (including phenoxy) is 1. The topological polar surface area (TPSA) is 26.3 Å². The van der Waals surface area contributed by atoms with Crippen molar-refractivity contribution in [3.8, 4) is 0 Å². The molecule has 2 rings (SSSR count). The summed E-state index contributed by atoms with van der Waals surface area (Å²) in [5.41, 5.74) is 0.998. The monoisotopic (exact) mass is 208 g/mol. The Bertz CT molecular complexity index is 304. The van der Waals surface area contributed by atoms with Gasteiger partial charge in [0.25, 0.3) is 0 Å². The second kappa shape index (κ2) is 3.99. The van der Waals surface area contributed by atoms with Gasteiger partial charge < -0.3 is 4.74 Å². The van der Waals surface area contributed by atoms with Crippen molar-refractivity contribution in [2.24, 2.45) is 11.8 Å². The molecule has 2 nitrogen and oxygen atoms in total. The summed E-state index contributed by atoms with van der Waals surface area (Å²) in [5.74, 6) is 2.19. The molecule has 0 bridgehead atoms. The predicted octanol–water partition coefficient (Wildman–Crippen LogP) is 3.07. The predicted molar refractivity (Wildman–Crippen MR) is 59.4 cm³/mol. The molecule has 1 aliphatic carbocycles. The van der Waals surface area contributed by atoms with Crippen LogP contribution in [0.4, 0.5) is 0 Å². The lowest BCUT2D eigenvalue weighted by Crippen LogP contribution is -2.31. The van der Waals surface area contributed by atoms with E-state index in [0.717, 1.165) is 30.6 Å². The van der Waals surface area contributed by atoms with E-state index < -0.39 is 0 Å². The van der Waals surface area contributed by atoms with Crippen LogP contribution in [0.1, 0.15) is 46.5 Å². The number of hydrogen-bond donors (Lipinski definition) is 0. The van der Waals surface area contributed by atoms with E-state index in [1.165, 1.54) is 0 Å². The molecule has 0 radical (unpaired) electrons. The van der Waals surface area contributed by atoms with Gasteiger partial charge in [0, 0.05) is 18.4 Å². The smallest absolute Gasteiger partial charge is 0.162 e. The highest BCUT2D eigenvalue weighted by atomic mass is 16.5. The second-order valence-electron chi connectivity index (χ2n) is 5.06. The maximum Gasteiger partial charge on any atom is 0.162 e. The molecule has 2 heteroatoms. The fourth-order valence-electron chi connectivity index (χ4n) is 2.75. The Morgan fingerprint density at radius 1 is 1.33 bits per heavy atom. The van der Waals surface area contributed by atoms with E-state index in [1.54, 1.807) is 0 Å². The standard InChI is InChI=1S/C13H20O2/c1-4-10-7-9(3)13-11(14)5-8(2)6-12(13)15-10/h8-10H,4-7H2,1-3H3. The average Bonchev–Trinajstić information content (AvgIpc) is 2.15. The largest absolute Gasteiger partial charge is 0.494 e. The van der Waals surface area contributed by atoms with Gasteiger partial charge in [-0.2, -0.15) is 0 Å². The van der Waals surface area contributed by atoms with Gasteiger partial charge in [-0.15, -0.1) is 0 Å². The molecule has 84 valence electrons. The van der Waals surface area contributed by atoms with Crippen LogP contribution in [0.5, 0.6) is 0 Å². The molecule has 0 N–H and O–H groups in total. The molecule has 0 aromatic heterocycles. The van der Waals surface area contributed by atoms with Crippen LogP contribution in [0.2, 0.25) is 0 Å². The molecule has 0 aromatic carbocycles. The quantitative estimate of drug-likeness (QED) is 0.662. The van der Waals surface area contributed by atoms with Crippen LogP contribution in [0.25, 0.3) is 0 Å². The molecule has 0 aromatic rings. The Morgan fingerprint density at radius 2 is 2.07 bits per heavy atom. The number of rotatable bonds is 1. The summed E-state index contributed by atoms with van der Waals surface area (Å²) < 4.78 is 5.91. The van der Waals surface area contributed by atoms with Crippen LogP contribution in [0.3, 0.4) is 0 Å². The molecule has 0 fully saturated rings. The molecule has 1 aliphatic heterocycles. The molecule has 0 spiro atoms. The van der Waals surface area contributed by atoms with Crippen LogP contribution in [-0.4, -0.2) is 11.9 Å². The van der Waals surface area contributed by atoms with E-state index in [-0.39, 0.29) is 0 Å². The number of hydrogen-bond acceptors (Lipinski definition) is 2. The van der Waals surface area contributed by atoms with Gasteiger partial charge in [-0.3, -0.25) is 4.79 Å². The Balaban J connectivity index is 2.27. The highest BCUT2D eigenvalue weighted by Crippen LogP contribution is 2.38. The normalized spacial score (nSPS) is 36.2. The highest BCUT2D eigenvalue weighted by Gasteiger charge is 2.35. The number of carbonyl (C=O) groups excluding carboxylic acids is 1. The molecule has 0 saturated heterocycles. The maximum atomic E-state index is 11.9. The zero-order valence-electron chi connectivity index (χ0n) is 9.88. The number of allylic oxidation sites excluding steroid dienone is 2. The minimum atomic E-state index is 0.325. The van der Waals surface area contributed by atoms with Crippen LogP contribution in [0.15, 0.2) is 11.3 Å². The van der Waals surface area contributed by atoms with Gasteiger partial charge in [-0.05, 0) is 24.7 Å². The summed E-state index contributed by atoms with van der Waals surface area (Å²) in [6.45, 7) is 6.44. The first-order valence-electron chi connectivity index (χ1n) is 6.04. The Labute approximate surface area is 91.7 Å². The molecule has 0 saturated carbocycles. The first-order chi connectivity index (χ1) is 7.11. The molecule has 3 atom stereocenters. The summed E-state index contributed by atoms with van der Waals surface area (Å²) in [5, 5.41) is 0. The van der Waals surface area contributed by atoms with Gasteiger partial charge in [0.2, 0.25) is 0 Å². The third-order valence-corrected chi connectivity index (χ3v) is 3.54. The fourth-order valence-corrected chi connectivity index (χ4v) is 2.75. The van der Waals surface area contributed by atoms with E-state index >= 15 is 0 Å². The molecule has 15 heavy (non-hydrogen) atoms. The fraction of sp³-hybridized carbons (Fsp3) is 0.769. The zero-order chi connectivity index (χ0) is 11.0. The molecule has 2 aliphatic rings. The second-order valence-corrected chi connectivity index (χ2v) is 5.06. The zero-order valence-corrected chi connectivity index (χ0v) is 9.88. The maximum absolute atomic E-state index is 11.9. The Kier molecular flexibility index (Phi) is 2.85. The Hall–Kier alpha value is -0.790. The van der Waals surface area contributed by atoms with E-state index in [9.17, 15) is 4.79 Å². The van der Waals surface area contributed by atoms with Gasteiger partial charge in [0.1, 0.15) is 5.76 Å². The van der Waals surface area contributed by atoms with Crippen molar-refractivity contribution in [3.05, 3.63) is 11.3 Å². The van der Waals surface area contributed by atoms with Gasteiger partial charge in [-0.1, -0.05) is 20.8 Å². The van der Waals surface area contributed by atoms with Gasteiger partial charge in [0.15, 0.2) is 5.78 Å². The molecule has 1 heterocycles. The van der Waals surface area contributed by atoms with E-state index in [0.29, 0.717) is 30.1 Å². The minimum Gasteiger partial charge on any atom is -0.494 e. The lowest BCUT2D eigenvalue weighted by molar-refractivity contribution is -0.119. The van der Waals surface area contributed by atoms with E-state index in [4.69, 9.17) is 4.74 Å². The summed E-state index contributed by atoms with van der Waals surface area (Å²) >= 11 is 0. The van der Waals surface area contributed by atoms with Crippen molar-refractivity contribution >= 4 is 5.78 Å². The van der Waals surface area contributed by atoms with Crippen molar-refractivity contribution in [3.63, 3.8) is 0 Å². The number of Topliss-reactive ketones (excluding diaryl/α,β-unsaturated/α-hetero) is 1. The lowest BCUT2D eigenvalue weighted by Gasteiger charge is -2.35. The molecule has 0 amide bonds. The first kappa shape index (κ1) is 10.7. The summed E-state index contributed by atoms with van der Waals surface area (Å²) in [4.78, 5) is 11.9. The SMILES string of the molecule is CCC1CC(C)C2=C(CC(C)CC2=O)O1. The third-order valence-electron chi connectivity index (χ3n) is 3.54. The van der Waals surface area contributed by atoms with Gasteiger partial charge in [0.05, 0.1) is 6.10 Å². The van der Waals surface area contributed by atoms with Crippen LogP contribution in [-0.2, 0) is 9.53 Å². The average molecular weight is 208 g/mol. The van der Waals surface area contributed by atoms with Crippen LogP contribution >= 0.6 is 0 Å². The van der Waals surface area contributed by atoms with Crippen molar-refractivity contribution in [2.75, 3.05) is 0 Å². The van der Waals surface area contributed by atoms with Gasteiger partial charge in [-0.25, -0.2) is 0 Å². The van der Waals surface area contributed by atoms with Crippen LogP contribution in [0, 0.1) is 11.8 Å². The third kappa shape index (κ3) is 1.95. The lowest BCUT2D eigenvalue weighted by atomic mass is 9.79. The molecular weight excluding hydrogens is 188 g/mol. The minimum absolute atomic E-state index is 0.325. The first-order valence-corrected chi connectivity index (χ1v) is 6.04. The van der Waals surface area contributed by atoms with Gasteiger partial charge >= 0.3 is 0 Å². The molecular formula is C13H20O2. The summed E-state index contributed by atoms with van der Waals surface area (Å²) in [6.07, 6.45) is 4.06. The van der Waals surface area contributed by atoms with E-state index in [2.05, 4.69) is 20.8 Å². The van der Waals surface area contributed by atoms with Crippen LogP contribution < -0.4 is 0 Å². The van der Waals surface area contributed by atoms with Crippen molar-refractivity contribution in [1.29, 1.82) is 0 Å². The molecule has 3 unspecified atom stereocenters. The number of carbonyl (C=O) groups is 1. The Morgan fingerprint density at radius 3 is 2.73 bits per heavy atom. The van der Waals surface area contributed by atoms with Crippen molar-refractivity contribution in [1.82, 2.24) is 0 Å². The highest BCUT2D eigenvalue weighted by molar-refractivity contribution is 5.97. The van der Waals surface area contributed by atoms with Crippen molar-refractivity contribution < 1.29 is 9.53 Å². The summed E-state index contributed by atoms with van der Waals surface area (Å²) in [7, 11) is 0.